The van der Waals surface area contributed by atoms with E-state index in [0.29, 0.717) is 6.42 Å². The number of hydrogen-bond acceptors (Lipinski definition) is 2. The van der Waals surface area contributed by atoms with Crippen molar-refractivity contribution in [3.63, 3.8) is 0 Å². The van der Waals surface area contributed by atoms with Gasteiger partial charge in [-0.1, -0.05) is 58.8 Å². The molecule has 0 aliphatic rings. The van der Waals surface area contributed by atoms with Crippen molar-refractivity contribution in [2.45, 2.75) is 83.8 Å². The third kappa shape index (κ3) is 8.88. The summed E-state index contributed by atoms with van der Waals surface area (Å²) in [5.74, 6) is 0. The lowest BCUT2D eigenvalue weighted by Gasteiger charge is -2.15. The van der Waals surface area contributed by atoms with E-state index in [1.165, 1.54) is 38.5 Å². The van der Waals surface area contributed by atoms with Gasteiger partial charge in [-0.2, -0.15) is 0 Å². The predicted octanol–water partition coefficient (Wildman–Crippen LogP) is 3.26. The smallest absolute Gasteiger partial charge is 0.0799 e. The zero-order chi connectivity index (χ0) is 11.5. The van der Waals surface area contributed by atoms with Crippen LogP contribution in [0.3, 0.4) is 0 Å². The standard InChI is InChI=1S/C13H28O2/c1-3-5-6-7-8-9-10-11-13(15)12(14)4-2/h12-15H,3-11H2,1-2H3/t12-,13+/m1/s1. The van der Waals surface area contributed by atoms with Crippen LogP contribution in [0.2, 0.25) is 0 Å². The molecule has 0 aromatic heterocycles. The van der Waals surface area contributed by atoms with Gasteiger partial charge in [0.25, 0.3) is 0 Å². The minimum Gasteiger partial charge on any atom is -0.390 e. The monoisotopic (exact) mass is 216 g/mol. The Labute approximate surface area is 94.7 Å². The molecule has 0 fully saturated rings. The topological polar surface area (TPSA) is 40.5 Å². The molecule has 2 heteroatoms. The Balaban J connectivity index is 3.16. The quantitative estimate of drug-likeness (QED) is 0.550. The summed E-state index contributed by atoms with van der Waals surface area (Å²) in [6.07, 6.45) is 9.18. The first-order valence-electron chi connectivity index (χ1n) is 6.58. The zero-order valence-corrected chi connectivity index (χ0v) is 10.4. The summed E-state index contributed by atoms with van der Waals surface area (Å²) >= 11 is 0. The molecule has 0 radical (unpaired) electrons. The molecule has 0 saturated carbocycles. The van der Waals surface area contributed by atoms with Crippen LogP contribution in [0.25, 0.3) is 0 Å². The highest BCUT2D eigenvalue weighted by molar-refractivity contribution is 4.65. The second-order valence-electron chi connectivity index (χ2n) is 4.45. The average molecular weight is 216 g/mol. The van der Waals surface area contributed by atoms with Crippen molar-refractivity contribution < 1.29 is 10.2 Å². The summed E-state index contributed by atoms with van der Waals surface area (Å²) in [6.45, 7) is 4.13. The molecule has 0 aromatic rings. The van der Waals surface area contributed by atoms with E-state index in [0.717, 1.165) is 12.8 Å². The van der Waals surface area contributed by atoms with E-state index in [4.69, 9.17) is 0 Å². The lowest BCUT2D eigenvalue weighted by atomic mass is 10.0. The minimum atomic E-state index is -0.523. The molecule has 0 unspecified atom stereocenters. The molecule has 15 heavy (non-hydrogen) atoms. The van der Waals surface area contributed by atoms with E-state index in [-0.39, 0.29) is 0 Å². The maximum absolute atomic E-state index is 9.51. The molecule has 0 aliphatic heterocycles. The first kappa shape index (κ1) is 14.9. The second-order valence-corrected chi connectivity index (χ2v) is 4.45. The maximum atomic E-state index is 9.51. The van der Waals surface area contributed by atoms with Gasteiger partial charge >= 0.3 is 0 Å². The first-order chi connectivity index (χ1) is 7.22. The van der Waals surface area contributed by atoms with Gasteiger partial charge in [0.15, 0.2) is 0 Å². The first-order valence-corrected chi connectivity index (χ1v) is 6.58. The van der Waals surface area contributed by atoms with Crippen molar-refractivity contribution >= 4 is 0 Å². The molecule has 0 heterocycles. The molecular formula is C13H28O2. The Morgan fingerprint density at radius 2 is 1.27 bits per heavy atom. The molecule has 0 rings (SSSR count). The Morgan fingerprint density at radius 3 is 1.80 bits per heavy atom. The minimum absolute atomic E-state index is 0.509. The number of rotatable bonds is 10. The summed E-state index contributed by atoms with van der Waals surface area (Å²) in [4.78, 5) is 0. The van der Waals surface area contributed by atoms with Crippen LogP contribution in [-0.2, 0) is 0 Å². The number of hydrogen-bond donors (Lipinski definition) is 2. The van der Waals surface area contributed by atoms with Crippen LogP contribution < -0.4 is 0 Å². The summed E-state index contributed by atoms with van der Waals surface area (Å²) in [5, 5.41) is 18.9. The van der Waals surface area contributed by atoms with Gasteiger partial charge in [-0.3, -0.25) is 0 Å². The summed E-state index contributed by atoms with van der Waals surface area (Å²) < 4.78 is 0. The van der Waals surface area contributed by atoms with Gasteiger partial charge in [-0.25, -0.2) is 0 Å². The summed E-state index contributed by atoms with van der Waals surface area (Å²) in [6, 6.07) is 0. The SMILES string of the molecule is CCCCCCCCC[C@H](O)[C@H](O)CC. The van der Waals surface area contributed by atoms with Crippen LogP contribution in [-0.4, -0.2) is 22.4 Å². The Kier molecular flexibility index (Phi) is 10.4. The Hall–Kier alpha value is -0.0800. The van der Waals surface area contributed by atoms with Crippen molar-refractivity contribution in [2.24, 2.45) is 0 Å². The van der Waals surface area contributed by atoms with Gasteiger partial charge in [0.2, 0.25) is 0 Å². The van der Waals surface area contributed by atoms with Crippen LogP contribution in [0.15, 0.2) is 0 Å². The highest BCUT2D eigenvalue weighted by Crippen LogP contribution is 2.12. The largest absolute Gasteiger partial charge is 0.390 e. The van der Waals surface area contributed by atoms with Gasteiger partial charge in [-0.05, 0) is 12.8 Å². The average Bonchev–Trinajstić information content (AvgIpc) is 2.26. The van der Waals surface area contributed by atoms with Crippen LogP contribution in [0, 0.1) is 0 Å². The normalized spacial score (nSPS) is 15.2. The number of aliphatic hydroxyl groups is 2. The van der Waals surface area contributed by atoms with Crippen LogP contribution in [0.4, 0.5) is 0 Å². The maximum Gasteiger partial charge on any atom is 0.0799 e. The van der Waals surface area contributed by atoms with E-state index in [9.17, 15) is 10.2 Å². The van der Waals surface area contributed by atoms with Gasteiger partial charge < -0.3 is 10.2 Å². The van der Waals surface area contributed by atoms with Crippen molar-refractivity contribution in [3.05, 3.63) is 0 Å². The summed E-state index contributed by atoms with van der Waals surface area (Å²) in [7, 11) is 0. The van der Waals surface area contributed by atoms with E-state index >= 15 is 0 Å². The molecule has 0 aliphatic carbocycles. The van der Waals surface area contributed by atoms with E-state index in [1.807, 2.05) is 6.92 Å². The third-order valence-electron chi connectivity index (χ3n) is 2.97. The molecule has 2 nitrogen and oxygen atoms in total. The van der Waals surface area contributed by atoms with Gasteiger partial charge in [0.1, 0.15) is 0 Å². The van der Waals surface area contributed by atoms with E-state index in [2.05, 4.69) is 6.92 Å². The van der Waals surface area contributed by atoms with Crippen LogP contribution in [0.1, 0.15) is 71.6 Å². The summed E-state index contributed by atoms with van der Waals surface area (Å²) in [5.41, 5.74) is 0. The van der Waals surface area contributed by atoms with Crippen molar-refractivity contribution in [2.75, 3.05) is 0 Å². The fourth-order valence-corrected chi connectivity index (χ4v) is 1.78. The number of aliphatic hydroxyl groups excluding tert-OH is 2. The third-order valence-corrected chi connectivity index (χ3v) is 2.97. The molecule has 0 spiro atoms. The lowest BCUT2D eigenvalue weighted by molar-refractivity contribution is 0.0114. The molecular weight excluding hydrogens is 188 g/mol. The fraction of sp³-hybridized carbons (Fsp3) is 1.00. The second kappa shape index (κ2) is 10.4. The van der Waals surface area contributed by atoms with Crippen LogP contribution >= 0.6 is 0 Å². The molecule has 0 saturated heterocycles. The van der Waals surface area contributed by atoms with E-state index < -0.39 is 12.2 Å². The lowest BCUT2D eigenvalue weighted by Crippen LogP contribution is -2.24. The zero-order valence-electron chi connectivity index (χ0n) is 10.4. The van der Waals surface area contributed by atoms with Gasteiger partial charge in [0, 0.05) is 0 Å². The highest BCUT2D eigenvalue weighted by atomic mass is 16.3. The predicted molar refractivity (Wildman–Crippen MR) is 64.9 cm³/mol. The van der Waals surface area contributed by atoms with E-state index in [1.54, 1.807) is 0 Å². The van der Waals surface area contributed by atoms with Gasteiger partial charge in [0.05, 0.1) is 12.2 Å². The molecule has 0 amide bonds. The molecule has 2 atom stereocenters. The van der Waals surface area contributed by atoms with Crippen molar-refractivity contribution in [1.82, 2.24) is 0 Å². The number of unbranched alkanes of at least 4 members (excludes halogenated alkanes) is 6. The Morgan fingerprint density at radius 1 is 0.733 bits per heavy atom. The van der Waals surface area contributed by atoms with Crippen molar-refractivity contribution in [3.8, 4) is 0 Å². The highest BCUT2D eigenvalue weighted by Gasteiger charge is 2.12. The Bertz CT molecular complexity index is 126. The molecule has 2 N–H and O–H groups in total. The van der Waals surface area contributed by atoms with Gasteiger partial charge in [-0.15, -0.1) is 0 Å². The van der Waals surface area contributed by atoms with Crippen LogP contribution in [0.5, 0.6) is 0 Å². The molecule has 0 aromatic carbocycles. The molecule has 0 bridgehead atoms. The van der Waals surface area contributed by atoms with Crippen molar-refractivity contribution in [1.29, 1.82) is 0 Å². The fourth-order valence-electron chi connectivity index (χ4n) is 1.78. The molecule has 92 valence electrons.